The van der Waals surface area contributed by atoms with Gasteiger partial charge >= 0.3 is 6.18 Å². The molecule has 11 heteroatoms. The summed E-state index contributed by atoms with van der Waals surface area (Å²) in [6, 6.07) is 8.86. The maximum atomic E-state index is 12.7. The van der Waals surface area contributed by atoms with E-state index in [1.54, 1.807) is 24.3 Å². The Morgan fingerprint density at radius 1 is 1.12 bits per heavy atom. The lowest BCUT2D eigenvalue weighted by Crippen LogP contribution is -2.37. The molecule has 0 aliphatic carbocycles. The van der Waals surface area contributed by atoms with Gasteiger partial charge in [-0.25, -0.2) is 0 Å². The number of hydrogen-bond donors (Lipinski definition) is 1. The van der Waals surface area contributed by atoms with Crippen LogP contribution >= 0.6 is 11.8 Å². The molecule has 1 aliphatic rings. The van der Waals surface area contributed by atoms with E-state index in [4.69, 9.17) is 9.47 Å². The van der Waals surface area contributed by atoms with E-state index in [0.29, 0.717) is 23.7 Å². The number of halogens is 3. The average Bonchev–Trinajstić information content (AvgIpc) is 3.06. The summed E-state index contributed by atoms with van der Waals surface area (Å²) < 4.78 is 48.7. The molecule has 1 N–H and O–H groups in total. The molecule has 1 saturated heterocycles. The van der Waals surface area contributed by atoms with E-state index in [1.807, 2.05) is 6.92 Å². The Morgan fingerprint density at radius 2 is 1.82 bits per heavy atom. The summed E-state index contributed by atoms with van der Waals surface area (Å²) in [4.78, 5) is 38.3. The van der Waals surface area contributed by atoms with E-state index in [2.05, 4.69) is 5.32 Å². The molecule has 0 atom stereocenters. The van der Waals surface area contributed by atoms with E-state index in [9.17, 15) is 27.6 Å². The first kappa shape index (κ1) is 25.2. The van der Waals surface area contributed by atoms with Gasteiger partial charge in [-0.3, -0.25) is 19.3 Å². The molecule has 0 saturated carbocycles. The molecule has 1 fully saturated rings. The molecule has 1 heterocycles. The van der Waals surface area contributed by atoms with Crippen molar-refractivity contribution in [2.24, 2.45) is 0 Å². The van der Waals surface area contributed by atoms with Crippen LogP contribution in [0.25, 0.3) is 6.08 Å². The summed E-state index contributed by atoms with van der Waals surface area (Å²) in [6.45, 7) is 2.17. The van der Waals surface area contributed by atoms with E-state index >= 15 is 0 Å². The molecular weight excluding hydrogens is 473 g/mol. The fraction of sp³-hybridized carbons (Fsp3) is 0.261. The van der Waals surface area contributed by atoms with E-state index in [-0.39, 0.29) is 23.6 Å². The largest absolute Gasteiger partial charge is 0.493 e. The monoisotopic (exact) mass is 494 g/mol. The van der Waals surface area contributed by atoms with Crippen molar-refractivity contribution in [1.82, 2.24) is 10.2 Å². The predicted molar refractivity (Wildman–Crippen MR) is 121 cm³/mol. The summed E-state index contributed by atoms with van der Waals surface area (Å²) in [5.41, 5.74) is -0.188. The molecule has 2 aromatic carbocycles. The third kappa shape index (κ3) is 5.90. The zero-order chi connectivity index (χ0) is 24.9. The van der Waals surface area contributed by atoms with Gasteiger partial charge in [0.1, 0.15) is 0 Å². The van der Waals surface area contributed by atoms with Crippen LogP contribution in [0.5, 0.6) is 11.5 Å². The molecule has 2 aromatic rings. The van der Waals surface area contributed by atoms with E-state index in [0.717, 1.165) is 40.9 Å². The van der Waals surface area contributed by atoms with Crippen LogP contribution in [0, 0.1) is 0 Å². The van der Waals surface area contributed by atoms with Crippen molar-refractivity contribution >= 4 is 34.9 Å². The highest BCUT2D eigenvalue weighted by Crippen LogP contribution is 2.34. The Bertz CT molecular complexity index is 1120. The van der Waals surface area contributed by atoms with Gasteiger partial charge in [-0.05, 0) is 66.7 Å². The quantitative estimate of drug-likeness (QED) is 0.541. The molecule has 3 amide bonds. The second-order valence-electron chi connectivity index (χ2n) is 7.01. The summed E-state index contributed by atoms with van der Waals surface area (Å²) >= 11 is 0.771. The first-order valence-electron chi connectivity index (χ1n) is 10.2. The smallest absolute Gasteiger partial charge is 0.416 e. The number of amides is 3. The van der Waals surface area contributed by atoms with Crippen molar-refractivity contribution in [3.8, 4) is 11.5 Å². The summed E-state index contributed by atoms with van der Waals surface area (Å²) in [5.74, 6) is -0.0794. The molecule has 7 nitrogen and oxygen atoms in total. The fourth-order valence-electron chi connectivity index (χ4n) is 3.09. The number of carbonyl (C=O) groups excluding carboxylic acids is 3. The summed E-state index contributed by atoms with van der Waals surface area (Å²) in [5, 5.41) is 2.01. The van der Waals surface area contributed by atoms with Gasteiger partial charge in [0.2, 0.25) is 0 Å². The number of carbonyl (C=O) groups is 3. The zero-order valence-corrected chi connectivity index (χ0v) is 19.1. The number of benzene rings is 2. The van der Waals surface area contributed by atoms with Crippen LogP contribution in [0.2, 0.25) is 0 Å². The summed E-state index contributed by atoms with van der Waals surface area (Å²) in [7, 11) is 1.49. The van der Waals surface area contributed by atoms with Gasteiger partial charge in [0.25, 0.3) is 17.1 Å². The molecule has 1 aliphatic heterocycles. The highest BCUT2D eigenvalue weighted by Gasteiger charge is 2.35. The lowest BCUT2D eigenvalue weighted by atomic mass is 10.1. The number of imide groups is 1. The van der Waals surface area contributed by atoms with Crippen LogP contribution in [0.3, 0.4) is 0 Å². The average molecular weight is 494 g/mol. The molecule has 3 rings (SSSR count). The van der Waals surface area contributed by atoms with Crippen LogP contribution in [-0.4, -0.2) is 48.8 Å². The third-order valence-corrected chi connectivity index (χ3v) is 5.66. The third-order valence-electron chi connectivity index (χ3n) is 4.75. The Kier molecular flexibility index (Phi) is 7.87. The van der Waals surface area contributed by atoms with Crippen molar-refractivity contribution in [3.05, 3.63) is 64.1 Å². The van der Waals surface area contributed by atoms with E-state index < -0.39 is 28.8 Å². The number of alkyl halides is 3. The highest BCUT2D eigenvalue weighted by molar-refractivity contribution is 8.18. The lowest BCUT2D eigenvalue weighted by molar-refractivity contribution is -0.137. The highest BCUT2D eigenvalue weighted by atomic mass is 32.2. The molecular formula is C23H21F3N2O5S. The number of rotatable bonds is 8. The lowest BCUT2D eigenvalue weighted by Gasteiger charge is -2.13. The standard InChI is InChI=1S/C23H21F3N2O5S/c1-3-33-17-9-4-14(12-18(17)32-2)13-19-21(30)28(22(31)34-19)11-10-27-20(29)15-5-7-16(8-6-15)23(24,25)26/h4-9,12-13H,3,10-11H2,1-2H3,(H,27,29). The molecule has 0 radical (unpaired) electrons. The van der Waals surface area contributed by atoms with Crippen LogP contribution in [0.4, 0.5) is 18.0 Å². The van der Waals surface area contributed by atoms with Gasteiger partial charge in [0.15, 0.2) is 11.5 Å². The van der Waals surface area contributed by atoms with Crippen LogP contribution < -0.4 is 14.8 Å². The Labute approximate surface area is 197 Å². The Morgan fingerprint density at radius 3 is 2.44 bits per heavy atom. The molecule has 0 spiro atoms. The second kappa shape index (κ2) is 10.6. The van der Waals surface area contributed by atoms with Crippen LogP contribution in [0.15, 0.2) is 47.4 Å². The van der Waals surface area contributed by atoms with Crippen molar-refractivity contribution in [1.29, 1.82) is 0 Å². The first-order chi connectivity index (χ1) is 16.1. The minimum Gasteiger partial charge on any atom is -0.493 e. The Balaban J connectivity index is 1.60. The predicted octanol–water partition coefficient (Wildman–Crippen LogP) is 4.58. The first-order valence-corrected chi connectivity index (χ1v) is 11.0. The van der Waals surface area contributed by atoms with Gasteiger partial charge < -0.3 is 14.8 Å². The Hall–Kier alpha value is -3.47. The van der Waals surface area contributed by atoms with Gasteiger partial charge in [0.05, 0.1) is 24.2 Å². The summed E-state index contributed by atoms with van der Waals surface area (Å²) in [6.07, 6.45) is -2.94. The molecule has 34 heavy (non-hydrogen) atoms. The van der Waals surface area contributed by atoms with Crippen molar-refractivity contribution in [2.75, 3.05) is 26.8 Å². The molecule has 180 valence electrons. The number of nitrogens with zero attached hydrogens (tertiary/aromatic N) is 1. The topological polar surface area (TPSA) is 84.9 Å². The molecule has 0 unspecified atom stereocenters. The second-order valence-corrected chi connectivity index (χ2v) is 8.00. The number of ether oxygens (including phenoxy) is 2. The number of thioether (sulfide) groups is 1. The number of nitrogens with one attached hydrogen (secondary N) is 1. The van der Waals surface area contributed by atoms with Crippen molar-refractivity contribution in [3.63, 3.8) is 0 Å². The normalized spacial score (nSPS) is 15.1. The van der Waals surface area contributed by atoms with Crippen LogP contribution in [0.1, 0.15) is 28.4 Å². The van der Waals surface area contributed by atoms with Crippen LogP contribution in [-0.2, 0) is 11.0 Å². The maximum absolute atomic E-state index is 12.7. The minimum atomic E-state index is -4.50. The van der Waals surface area contributed by atoms with Gasteiger partial charge in [-0.15, -0.1) is 0 Å². The van der Waals surface area contributed by atoms with Gasteiger partial charge in [-0.1, -0.05) is 6.07 Å². The minimum absolute atomic E-state index is 0.0338. The molecule has 0 bridgehead atoms. The van der Waals surface area contributed by atoms with Crippen molar-refractivity contribution in [2.45, 2.75) is 13.1 Å². The van der Waals surface area contributed by atoms with Gasteiger partial charge in [0, 0.05) is 18.7 Å². The number of hydrogen-bond acceptors (Lipinski definition) is 6. The van der Waals surface area contributed by atoms with Crippen molar-refractivity contribution < 1.29 is 37.0 Å². The molecule has 0 aromatic heterocycles. The fourth-order valence-corrected chi connectivity index (χ4v) is 3.95. The number of methoxy groups -OCH3 is 1. The zero-order valence-electron chi connectivity index (χ0n) is 18.3. The van der Waals surface area contributed by atoms with Gasteiger partial charge in [-0.2, -0.15) is 13.2 Å². The van der Waals surface area contributed by atoms with E-state index in [1.165, 1.54) is 7.11 Å². The maximum Gasteiger partial charge on any atom is 0.416 e. The SMILES string of the molecule is CCOc1ccc(C=C2SC(=O)N(CCNC(=O)c3ccc(C(F)(F)F)cc3)C2=O)cc1OC.